The molecule has 2 unspecified atom stereocenters. The number of rotatable bonds is 6. The van der Waals surface area contributed by atoms with Gasteiger partial charge in [-0.2, -0.15) is 4.21 Å². The van der Waals surface area contributed by atoms with Crippen molar-refractivity contribution in [1.29, 1.82) is 0 Å². The standard InChI is InChI=1S/C13H16O4S/c1-4-5-10-13(3,17-18(14)15)16-12-8-6-11(2)7-9-12/h1,6-9H,5,10H2,2-3H3,(H,14,15). The molecule has 1 rings (SSSR count). The number of hydrogen-bond acceptors (Lipinski definition) is 3. The maximum atomic E-state index is 10.8. The lowest BCUT2D eigenvalue weighted by Crippen LogP contribution is -2.36. The summed E-state index contributed by atoms with van der Waals surface area (Å²) in [4.78, 5) is 0. The van der Waals surface area contributed by atoms with Gasteiger partial charge in [-0.25, -0.2) is 4.18 Å². The van der Waals surface area contributed by atoms with E-state index in [1.54, 1.807) is 19.1 Å². The molecule has 0 bridgehead atoms. The molecular formula is C13H16O4S. The van der Waals surface area contributed by atoms with E-state index in [-0.39, 0.29) is 0 Å². The van der Waals surface area contributed by atoms with Gasteiger partial charge in [0, 0.05) is 19.8 Å². The third-order valence-corrected chi connectivity index (χ3v) is 2.82. The molecule has 98 valence electrons. The Labute approximate surface area is 110 Å². The Morgan fingerprint density at radius 2 is 2.06 bits per heavy atom. The van der Waals surface area contributed by atoms with Gasteiger partial charge >= 0.3 is 11.4 Å². The van der Waals surface area contributed by atoms with Gasteiger partial charge in [-0.05, 0) is 19.1 Å². The molecule has 1 N–H and O–H groups in total. The van der Waals surface area contributed by atoms with Crippen molar-refractivity contribution in [2.24, 2.45) is 0 Å². The number of ether oxygens (including phenoxy) is 1. The van der Waals surface area contributed by atoms with Crippen molar-refractivity contribution in [2.75, 3.05) is 0 Å². The molecule has 0 aliphatic heterocycles. The van der Waals surface area contributed by atoms with E-state index in [2.05, 4.69) is 5.92 Å². The molecule has 0 heterocycles. The van der Waals surface area contributed by atoms with Gasteiger partial charge in [0.25, 0.3) is 0 Å². The van der Waals surface area contributed by atoms with Crippen LogP contribution in [0.15, 0.2) is 24.3 Å². The summed E-state index contributed by atoms with van der Waals surface area (Å²) in [5, 5.41) is 0. The highest BCUT2D eigenvalue weighted by atomic mass is 32.2. The van der Waals surface area contributed by atoms with Gasteiger partial charge in [0.1, 0.15) is 5.75 Å². The fourth-order valence-corrected chi connectivity index (χ4v) is 1.83. The molecule has 5 heteroatoms. The van der Waals surface area contributed by atoms with Crippen LogP contribution in [-0.4, -0.2) is 14.5 Å². The molecule has 0 spiro atoms. The summed E-state index contributed by atoms with van der Waals surface area (Å²) in [5.74, 6) is 1.79. The Morgan fingerprint density at radius 1 is 1.44 bits per heavy atom. The first-order valence-corrected chi connectivity index (χ1v) is 6.48. The Morgan fingerprint density at radius 3 is 2.56 bits per heavy atom. The first-order chi connectivity index (χ1) is 8.45. The van der Waals surface area contributed by atoms with E-state index in [1.807, 2.05) is 19.1 Å². The summed E-state index contributed by atoms with van der Waals surface area (Å²) in [6.07, 6.45) is 5.89. The van der Waals surface area contributed by atoms with Gasteiger partial charge in [-0.1, -0.05) is 17.7 Å². The number of hydrogen-bond donors (Lipinski definition) is 1. The van der Waals surface area contributed by atoms with Crippen LogP contribution in [0.4, 0.5) is 0 Å². The van der Waals surface area contributed by atoms with Crippen molar-refractivity contribution < 1.29 is 17.7 Å². The fourth-order valence-electron chi connectivity index (χ4n) is 1.42. The zero-order chi connectivity index (χ0) is 13.6. The first kappa shape index (κ1) is 14.7. The van der Waals surface area contributed by atoms with Crippen LogP contribution in [0.5, 0.6) is 5.75 Å². The van der Waals surface area contributed by atoms with Crippen LogP contribution in [0.3, 0.4) is 0 Å². The van der Waals surface area contributed by atoms with Crippen LogP contribution in [0.25, 0.3) is 0 Å². The van der Waals surface area contributed by atoms with E-state index in [0.717, 1.165) is 5.56 Å². The second kappa shape index (κ2) is 6.55. The first-order valence-electron chi connectivity index (χ1n) is 5.45. The maximum Gasteiger partial charge on any atom is 0.305 e. The smallest absolute Gasteiger partial charge is 0.305 e. The van der Waals surface area contributed by atoms with E-state index in [4.69, 9.17) is 19.9 Å². The molecule has 1 aromatic rings. The van der Waals surface area contributed by atoms with E-state index < -0.39 is 17.1 Å². The molecule has 4 nitrogen and oxygen atoms in total. The van der Waals surface area contributed by atoms with Crippen molar-refractivity contribution in [3.63, 3.8) is 0 Å². The lowest BCUT2D eigenvalue weighted by atomic mass is 10.1. The minimum atomic E-state index is -2.41. The predicted molar refractivity (Wildman–Crippen MR) is 70.1 cm³/mol. The molecule has 0 radical (unpaired) electrons. The third-order valence-electron chi connectivity index (χ3n) is 2.33. The summed E-state index contributed by atoms with van der Waals surface area (Å²) >= 11 is -2.41. The molecule has 0 saturated heterocycles. The highest BCUT2D eigenvalue weighted by Gasteiger charge is 2.29. The van der Waals surface area contributed by atoms with Gasteiger partial charge in [0.05, 0.1) is 0 Å². The van der Waals surface area contributed by atoms with E-state index in [1.165, 1.54) is 0 Å². The van der Waals surface area contributed by atoms with Crippen LogP contribution in [0.2, 0.25) is 0 Å². The maximum absolute atomic E-state index is 10.8. The Kier molecular flexibility index (Phi) is 5.35. The van der Waals surface area contributed by atoms with Crippen molar-refractivity contribution >= 4 is 11.4 Å². The summed E-state index contributed by atoms with van der Waals surface area (Å²) < 4.78 is 30.1. The predicted octanol–water partition coefficient (Wildman–Crippen LogP) is 2.66. The molecule has 0 aromatic heterocycles. The van der Waals surface area contributed by atoms with Crippen molar-refractivity contribution in [1.82, 2.24) is 0 Å². The summed E-state index contributed by atoms with van der Waals surface area (Å²) in [7, 11) is 0. The molecule has 2 atom stereocenters. The SMILES string of the molecule is C#CCCC(C)(Oc1ccc(C)cc1)OS(=O)O. The van der Waals surface area contributed by atoms with Gasteiger partial charge < -0.3 is 4.74 Å². The van der Waals surface area contributed by atoms with Crippen molar-refractivity contribution in [3.8, 4) is 18.1 Å². The van der Waals surface area contributed by atoms with Crippen LogP contribution in [0.1, 0.15) is 25.3 Å². The molecule has 0 amide bonds. The van der Waals surface area contributed by atoms with E-state index in [9.17, 15) is 4.21 Å². The van der Waals surface area contributed by atoms with Crippen LogP contribution >= 0.6 is 0 Å². The Hall–Kier alpha value is -1.35. The van der Waals surface area contributed by atoms with Gasteiger partial charge in [0.15, 0.2) is 0 Å². The third kappa shape index (κ3) is 4.88. The van der Waals surface area contributed by atoms with Crippen molar-refractivity contribution in [3.05, 3.63) is 29.8 Å². The van der Waals surface area contributed by atoms with Crippen LogP contribution < -0.4 is 4.74 Å². The second-order valence-electron chi connectivity index (χ2n) is 4.05. The number of aryl methyl sites for hydroxylation is 1. The number of terminal acetylenes is 1. The van der Waals surface area contributed by atoms with Crippen molar-refractivity contribution in [2.45, 2.75) is 32.5 Å². The van der Waals surface area contributed by atoms with Gasteiger partial charge in [-0.15, -0.1) is 12.3 Å². The molecule has 0 aliphatic carbocycles. The highest BCUT2D eigenvalue weighted by molar-refractivity contribution is 7.74. The second-order valence-corrected chi connectivity index (χ2v) is 4.65. The molecular weight excluding hydrogens is 252 g/mol. The van der Waals surface area contributed by atoms with Crippen LogP contribution in [0, 0.1) is 19.3 Å². The molecule has 18 heavy (non-hydrogen) atoms. The van der Waals surface area contributed by atoms with Crippen LogP contribution in [-0.2, 0) is 15.5 Å². The average Bonchev–Trinajstić information content (AvgIpc) is 2.29. The Balaban J connectivity index is 2.80. The molecule has 0 fully saturated rings. The molecule has 0 saturated carbocycles. The Bertz CT molecular complexity index is 449. The normalized spacial score (nSPS) is 15.4. The minimum Gasteiger partial charge on any atom is -0.461 e. The summed E-state index contributed by atoms with van der Waals surface area (Å²) in [5.41, 5.74) is 1.10. The average molecular weight is 268 g/mol. The van der Waals surface area contributed by atoms with Gasteiger partial charge in [-0.3, -0.25) is 4.55 Å². The largest absolute Gasteiger partial charge is 0.461 e. The zero-order valence-corrected chi connectivity index (χ0v) is 11.2. The van der Waals surface area contributed by atoms with E-state index in [0.29, 0.717) is 18.6 Å². The molecule has 0 aliphatic rings. The zero-order valence-electron chi connectivity index (χ0n) is 10.4. The monoisotopic (exact) mass is 268 g/mol. The molecule has 1 aromatic carbocycles. The van der Waals surface area contributed by atoms with E-state index >= 15 is 0 Å². The van der Waals surface area contributed by atoms with Gasteiger partial charge in [0.2, 0.25) is 5.79 Å². The minimum absolute atomic E-state index is 0.323. The summed E-state index contributed by atoms with van der Waals surface area (Å²) in [6, 6.07) is 7.31. The highest BCUT2D eigenvalue weighted by Crippen LogP contribution is 2.24. The topological polar surface area (TPSA) is 55.8 Å². The fraction of sp³-hybridized carbons (Fsp3) is 0.385. The quantitative estimate of drug-likeness (QED) is 0.489. The summed E-state index contributed by atoms with van der Waals surface area (Å²) in [6.45, 7) is 3.54. The number of benzene rings is 1. The lowest BCUT2D eigenvalue weighted by molar-refractivity contribution is -0.0983. The lowest BCUT2D eigenvalue weighted by Gasteiger charge is -2.27.